The van der Waals surface area contributed by atoms with E-state index in [9.17, 15) is 4.79 Å². The molecule has 0 aliphatic heterocycles. The van der Waals surface area contributed by atoms with Gasteiger partial charge in [-0.2, -0.15) is 0 Å². The molecule has 0 aromatic rings. The number of nitrogens with one attached hydrogen (secondary N) is 1. The van der Waals surface area contributed by atoms with Crippen LogP contribution in [0.2, 0.25) is 0 Å². The van der Waals surface area contributed by atoms with Gasteiger partial charge >= 0.3 is 6.09 Å². The number of hydrogen-bond donors (Lipinski definition) is 2. The van der Waals surface area contributed by atoms with E-state index in [4.69, 9.17) is 5.11 Å². The lowest BCUT2D eigenvalue weighted by atomic mass is 10.4. The summed E-state index contributed by atoms with van der Waals surface area (Å²) in [4.78, 5) is 10.1. The number of amides is 1. The molecule has 0 aromatic carbocycles. The predicted octanol–water partition coefficient (Wildman–Crippen LogP) is 0.806. The highest BCUT2D eigenvalue weighted by atomic mass is 16.4. The summed E-state index contributed by atoms with van der Waals surface area (Å²) in [5.74, 6) is 0. The first-order valence-electron chi connectivity index (χ1n) is 3.22. The molecule has 0 saturated heterocycles. The van der Waals surface area contributed by atoms with Crippen LogP contribution in [0.5, 0.6) is 0 Å². The van der Waals surface area contributed by atoms with Gasteiger partial charge in [0.1, 0.15) is 0 Å². The predicted molar refractivity (Wildman–Crippen MR) is 31.2 cm³/mol. The largest absolute Gasteiger partial charge is 0.465 e. The molecule has 2 aliphatic carbocycles. The summed E-state index contributed by atoms with van der Waals surface area (Å²) in [5.41, 5.74) is 0.457. The Balaban J connectivity index is 1.84. The van der Waals surface area contributed by atoms with Crippen LogP contribution in [0.1, 0.15) is 19.3 Å². The smallest absolute Gasteiger partial charge is 0.404 e. The number of rotatable bonds is 1. The zero-order valence-corrected chi connectivity index (χ0v) is 5.05. The molecule has 1 spiro atoms. The summed E-state index contributed by atoms with van der Waals surface area (Å²) >= 11 is 0. The summed E-state index contributed by atoms with van der Waals surface area (Å²) in [5, 5.41) is 10.8. The molecular formula is C6H9NO2. The van der Waals surface area contributed by atoms with Gasteiger partial charge in [-0.15, -0.1) is 0 Å². The lowest BCUT2D eigenvalue weighted by molar-refractivity contribution is 0.193. The van der Waals surface area contributed by atoms with Crippen LogP contribution in [-0.4, -0.2) is 17.2 Å². The average molecular weight is 127 g/mol. The molecule has 1 atom stereocenters. The van der Waals surface area contributed by atoms with Gasteiger partial charge < -0.3 is 10.4 Å². The molecule has 9 heavy (non-hydrogen) atoms. The molecule has 3 heteroatoms. The number of hydrogen-bond acceptors (Lipinski definition) is 1. The molecule has 0 aromatic heterocycles. The van der Waals surface area contributed by atoms with E-state index in [1.54, 1.807) is 0 Å². The van der Waals surface area contributed by atoms with Crippen molar-refractivity contribution in [1.29, 1.82) is 0 Å². The standard InChI is InChI=1S/C6H9NO2/c8-5(9)7-4-3-6(4)1-2-6/h4,7H,1-3H2,(H,8,9)/t4-/m0/s1. The van der Waals surface area contributed by atoms with Gasteiger partial charge in [-0.25, -0.2) is 4.79 Å². The Bertz CT molecular complexity index is 162. The third kappa shape index (κ3) is 0.677. The second-order valence-electron chi connectivity index (χ2n) is 3.07. The van der Waals surface area contributed by atoms with Crippen molar-refractivity contribution >= 4 is 6.09 Å². The summed E-state index contributed by atoms with van der Waals surface area (Å²) in [6.07, 6.45) is 2.68. The Morgan fingerprint density at radius 1 is 1.67 bits per heavy atom. The van der Waals surface area contributed by atoms with E-state index < -0.39 is 6.09 Å². The minimum Gasteiger partial charge on any atom is -0.465 e. The lowest BCUT2D eigenvalue weighted by Gasteiger charge is -1.93. The fourth-order valence-electron chi connectivity index (χ4n) is 1.41. The van der Waals surface area contributed by atoms with E-state index in [-0.39, 0.29) is 0 Å². The maximum Gasteiger partial charge on any atom is 0.404 e. The second kappa shape index (κ2) is 1.23. The van der Waals surface area contributed by atoms with Crippen molar-refractivity contribution in [3.63, 3.8) is 0 Å². The Morgan fingerprint density at radius 2 is 2.33 bits per heavy atom. The highest BCUT2D eigenvalue weighted by Gasteiger charge is 2.63. The minimum atomic E-state index is -0.872. The topological polar surface area (TPSA) is 49.3 Å². The van der Waals surface area contributed by atoms with Crippen molar-refractivity contribution in [2.45, 2.75) is 25.3 Å². The van der Waals surface area contributed by atoms with Gasteiger partial charge in [0.15, 0.2) is 0 Å². The molecule has 1 amide bonds. The molecule has 2 fully saturated rings. The Morgan fingerprint density at radius 3 is 2.67 bits per heavy atom. The molecule has 0 unspecified atom stereocenters. The van der Waals surface area contributed by atoms with Crippen LogP contribution in [0.3, 0.4) is 0 Å². The first kappa shape index (κ1) is 5.09. The van der Waals surface area contributed by atoms with Crippen LogP contribution in [-0.2, 0) is 0 Å². The van der Waals surface area contributed by atoms with Gasteiger partial charge in [0.2, 0.25) is 0 Å². The van der Waals surface area contributed by atoms with Gasteiger partial charge in [0.25, 0.3) is 0 Å². The van der Waals surface area contributed by atoms with Crippen molar-refractivity contribution < 1.29 is 9.90 Å². The minimum absolute atomic E-state index is 0.301. The summed E-state index contributed by atoms with van der Waals surface area (Å²) in [6.45, 7) is 0. The van der Waals surface area contributed by atoms with Crippen molar-refractivity contribution in [3.8, 4) is 0 Å². The van der Waals surface area contributed by atoms with E-state index >= 15 is 0 Å². The molecule has 2 aliphatic rings. The number of carboxylic acid groups (broad SMARTS) is 1. The van der Waals surface area contributed by atoms with Gasteiger partial charge in [-0.1, -0.05) is 0 Å². The van der Waals surface area contributed by atoms with Gasteiger partial charge in [-0.3, -0.25) is 0 Å². The van der Waals surface area contributed by atoms with E-state index in [0.717, 1.165) is 6.42 Å². The normalized spacial score (nSPS) is 34.0. The van der Waals surface area contributed by atoms with Crippen LogP contribution in [0.4, 0.5) is 4.79 Å². The summed E-state index contributed by atoms with van der Waals surface area (Å²) in [6, 6.07) is 0.301. The van der Waals surface area contributed by atoms with Gasteiger partial charge in [0.05, 0.1) is 0 Å². The average Bonchev–Trinajstić information content (AvgIpc) is 2.54. The third-order valence-electron chi connectivity index (χ3n) is 2.38. The Hall–Kier alpha value is -0.730. The molecule has 2 saturated carbocycles. The molecule has 50 valence electrons. The molecule has 0 bridgehead atoms. The van der Waals surface area contributed by atoms with Crippen molar-refractivity contribution in [2.24, 2.45) is 5.41 Å². The number of carbonyl (C=O) groups is 1. The van der Waals surface area contributed by atoms with Crippen molar-refractivity contribution in [1.82, 2.24) is 5.32 Å². The van der Waals surface area contributed by atoms with E-state index in [0.29, 0.717) is 11.5 Å². The highest BCUT2D eigenvalue weighted by Crippen LogP contribution is 2.65. The molecule has 2 N–H and O–H groups in total. The Kier molecular flexibility index (Phi) is 0.693. The monoisotopic (exact) mass is 127 g/mol. The fourth-order valence-corrected chi connectivity index (χ4v) is 1.41. The van der Waals surface area contributed by atoms with Crippen molar-refractivity contribution in [3.05, 3.63) is 0 Å². The van der Waals surface area contributed by atoms with Crippen LogP contribution in [0, 0.1) is 5.41 Å². The molecular weight excluding hydrogens is 118 g/mol. The van der Waals surface area contributed by atoms with Crippen LogP contribution in [0.15, 0.2) is 0 Å². The molecule has 0 heterocycles. The molecule has 2 rings (SSSR count). The van der Waals surface area contributed by atoms with Crippen LogP contribution >= 0.6 is 0 Å². The maximum atomic E-state index is 10.1. The second-order valence-corrected chi connectivity index (χ2v) is 3.07. The zero-order valence-electron chi connectivity index (χ0n) is 5.05. The van der Waals surface area contributed by atoms with Gasteiger partial charge in [-0.05, 0) is 24.7 Å². The first-order valence-corrected chi connectivity index (χ1v) is 3.22. The maximum absolute atomic E-state index is 10.1. The summed E-state index contributed by atoms with van der Waals surface area (Å²) in [7, 11) is 0. The third-order valence-corrected chi connectivity index (χ3v) is 2.38. The lowest BCUT2D eigenvalue weighted by Crippen LogP contribution is -2.24. The first-order chi connectivity index (χ1) is 4.23. The fraction of sp³-hybridized carbons (Fsp3) is 0.833. The molecule has 0 radical (unpaired) electrons. The zero-order chi connectivity index (χ0) is 6.48. The molecule has 3 nitrogen and oxygen atoms in total. The Labute approximate surface area is 53.1 Å². The van der Waals surface area contributed by atoms with Crippen LogP contribution < -0.4 is 5.32 Å². The van der Waals surface area contributed by atoms with E-state index in [1.807, 2.05) is 0 Å². The van der Waals surface area contributed by atoms with E-state index in [2.05, 4.69) is 5.32 Å². The highest BCUT2D eigenvalue weighted by molar-refractivity contribution is 5.66. The summed E-state index contributed by atoms with van der Waals surface area (Å²) < 4.78 is 0. The van der Waals surface area contributed by atoms with Crippen molar-refractivity contribution in [2.75, 3.05) is 0 Å². The quantitative estimate of drug-likeness (QED) is 0.547. The van der Waals surface area contributed by atoms with Crippen LogP contribution in [0.25, 0.3) is 0 Å². The SMILES string of the molecule is O=C(O)N[C@H]1CC12CC2. The van der Waals surface area contributed by atoms with Gasteiger partial charge in [0, 0.05) is 6.04 Å². The van der Waals surface area contributed by atoms with E-state index in [1.165, 1.54) is 12.8 Å².